The van der Waals surface area contributed by atoms with E-state index in [1.54, 1.807) is 19.1 Å². The summed E-state index contributed by atoms with van der Waals surface area (Å²) in [5, 5.41) is 2.68. The number of hydrogen-bond donors (Lipinski definition) is 1. The van der Waals surface area contributed by atoms with Crippen molar-refractivity contribution in [3.8, 4) is 0 Å². The average Bonchev–Trinajstić information content (AvgIpc) is 2.35. The van der Waals surface area contributed by atoms with Crippen molar-refractivity contribution < 1.29 is 18.7 Å². The molecule has 0 aliphatic carbocycles. The standard InChI is InChI=1S/C14H18FNO3/c1-2-19-14(18)7-4-8-16-13(17)10-11-5-3-6-12(15)9-11/h3,5-6,9H,2,4,7-8,10H2,1H3,(H,16,17). The van der Waals surface area contributed by atoms with Crippen LogP contribution in [0, 0.1) is 5.82 Å². The van der Waals surface area contributed by atoms with Crippen molar-refractivity contribution in [2.24, 2.45) is 0 Å². The summed E-state index contributed by atoms with van der Waals surface area (Å²) in [5.41, 5.74) is 0.628. The smallest absolute Gasteiger partial charge is 0.305 e. The molecule has 0 heterocycles. The van der Waals surface area contributed by atoms with E-state index in [1.165, 1.54) is 12.1 Å². The van der Waals surface area contributed by atoms with Gasteiger partial charge in [0, 0.05) is 13.0 Å². The van der Waals surface area contributed by atoms with Gasteiger partial charge in [-0.1, -0.05) is 12.1 Å². The highest BCUT2D eigenvalue weighted by Gasteiger charge is 2.05. The molecule has 0 saturated heterocycles. The van der Waals surface area contributed by atoms with E-state index in [4.69, 9.17) is 4.74 Å². The Balaban J connectivity index is 2.20. The second-order valence-electron chi connectivity index (χ2n) is 4.07. The average molecular weight is 267 g/mol. The summed E-state index contributed by atoms with van der Waals surface area (Å²) >= 11 is 0. The van der Waals surface area contributed by atoms with Gasteiger partial charge in [0.1, 0.15) is 5.82 Å². The Kier molecular flexibility index (Phi) is 6.57. The Morgan fingerprint density at radius 2 is 2.16 bits per heavy atom. The van der Waals surface area contributed by atoms with Crippen LogP contribution < -0.4 is 5.32 Å². The van der Waals surface area contributed by atoms with Crippen LogP contribution in [0.1, 0.15) is 25.3 Å². The minimum Gasteiger partial charge on any atom is -0.466 e. The SMILES string of the molecule is CCOC(=O)CCCNC(=O)Cc1cccc(F)c1. The van der Waals surface area contributed by atoms with E-state index in [2.05, 4.69) is 5.32 Å². The molecule has 0 radical (unpaired) electrons. The first-order valence-electron chi connectivity index (χ1n) is 6.28. The van der Waals surface area contributed by atoms with Crippen molar-refractivity contribution in [2.45, 2.75) is 26.2 Å². The van der Waals surface area contributed by atoms with Gasteiger partial charge in [-0.05, 0) is 31.0 Å². The summed E-state index contributed by atoms with van der Waals surface area (Å²) < 4.78 is 17.7. The Bertz CT molecular complexity index is 434. The van der Waals surface area contributed by atoms with Crippen molar-refractivity contribution in [3.63, 3.8) is 0 Å². The zero-order valence-electron chi connectivity index (χ0n) is 10.9. The molecule has 1 rings (SSSR count). The minimum atomic E-state index is -0.354. The van der Waals surface area contributed by atoms with Crippen molar-refractivity contribution in [2.75, 3.05) is 13.2 Å². The number of amides is 1. The fraction of sp³-hybridized carbons (Fsp3) is 0.429. The largest absolute Gasteiger partial charge is 0.466 e. The Morgan fingerprint density at radius 1 is 1.37 bits per heavy atom. The van der Waals surface area contributed by atoms with Crippen molar-refractivity contribution in [1.82, 2.24) is 5.32 Å². The van der Waals surface area contributed by atoms with Gasteiger partial charge in [0.15, 0.2) is 0 Å². The lowest BCUT2D eigenvalue weighted by Gasteiger charge is -2.05. The predicted octanol–water partition coefficient (Wildman–Crippen LogP) is 1.83. The number of nitrogens with one attached hydrogen (secondary N) is 1. The van der Waals surface area contributed by atoms with Gasteiger partial charge in [-0.15, -0.1) is 0 Å². The van der Waals surface area contributed by atoms with E-state index < -0.39 is 0 Å². The van der Waals surface area contributed by atoms with E-state index in [-0.39, 0.29) is 30.5 Å². The topological polar surface area (TPSA) is 55.4 Å². The molecule has 0 atom stereocenters. The van der Waals surface area contributed by atoms with Crippen LogP contribution in [-0.2, 0) is 20.7 Å². The van der Waals surface area contributed by atoms with Crippen LogP contribution in [0.5, 0.6) is 0 Å². The van der Waals surface area contributed by atoms with Gasteiger partial charge in [0.2, 0.25) is 5.91 Å². The molecule has 1 aromatic carbocycles. The number of carbonyl (C=O) groups excluding carboxylic acids is 2. The Labute approximate surface area is 112 Å². The van der Waals surface area contributed by atoms with Gasteiger partial charge < -0.3 is 10.1 Å². The summed E-state index contributed by atoms with van der Waals surface area (Å²) in [7, 11) is 0. The molecule has 0 aliphatic rings. The second-order valence-corrected chi connectivity index (χ2v) is 4.07. The minimum absolute atomic E-state index is 0.136. The molecule has 0 saturated carbocycles. The maximum absolute atomic E-state index is 12.9. The van der Waals surface area contributed by atoms with E-state index in [0.29, 0.717) is 25.1 Å². The maximum Gasteiger partial charge on any atom is 0.305 e. The molecule has 104 valence electrons. The molecular weight excluding hydrogens is 249 g/mol. The Hall–Kier alpha value is -1.91. The van der Waals surface area contributed by atoms with E-state index in [9.17, 15) is 14.0 Å². The van der Waals surface area contributed by atoms with Gasteiger partial charge in [-0.25, -0.2) is 4.39 Å². The summed E-state index contributed by atoms with van der Waals surface area (Å²) in [5.74, 6) is -0.802. The zero-order valence-corrected chi connectivity index (χ0v) is 10.9. The van der Waals surface area contributed by atoms with Gasteiger partial charge in [-0.3, -0.25) is 9.59 Å². The molecule has 0 spiro atoms. The van der Waals surface area contributed by atoms with Gasteiger partial charge in [0.25, 0.3) is 0 Å². The number of benzene rings is 1. The lowest BCUT2D eigenvalue weighted by atomic mass is 10.1. The molecule has 0 bridgehead atoms. The van der Waals surface area contributed by atoms with Crippen LogP contribution in [0.2, 0.25) is 0 Å². The molecule has 0 aromatic heterocycles. The fourth-order valence-corrected chi connectivity index (χ4v) is 1.59. The maximum atomic E-state index is 12.9. The highest BCUT2D eigenvalue weighted by atomic mass is 19.1. The molecule has 0 aliphatic heterocycles. The third-order valence-corrected chi connectivity index (χ3v) is 2.44. The first-order valence-corrected chi connectivity index (χ1v) is 6.28. The summed E-state index contributed by atoms with van der Waals surface area (Å²) in [4.78, 5) is 22.6. The summed E-state index contributed by atoms with van der Waals surface area (Å²) in [6.07, 6.45) is 0.957. The highest BCUT2D eigenvalue weighted by Crippen LogP contribution is 2.04. The third-order valence-electron chi connectivity index (χ3n) is 2.44. The van der Waals surface area contributed by atoms with Gasteiger partial charge in [0.05, 0.1) is 13.0 Å². The summed E-state index contributed by atoms with van der Waals surface area (Å²) in [6.45, 7) is 2.52. The number of esters is 1. The number of ether oxygens (including phenoxy) is 1. The van der Waals surface area contributed by atoms with E-state index >= 15 is 0 Å². The third kappa shape index (κ3) is 6.55. The van der Waals surface area contributed by atoms with Crippen LogP contribution in [0.4, 0.5) is 4.39 Å². The lowest BCUT2D eigenvalue weighted by molar-refractivity contribution is -0.143. The van der Waals surface area contributed by atoms with Gasteiger partial charge >= 0.3 is 5.97 Å². The second kappa shape index (κ2) is 8.24. The molecule has 19 heavy (non-hydrogen) atoms. The number of carbonyl (C=O) groups is 2. The highest BCUT2D eigenvalue weighted by molar-refractivity contribution is 5.78. The Morgan fingerprint density at radius 3 is 2.84 bits per heavy atom. The summed E-state index contributed by atoms with van der Waals surface area (Å²) in [6, 6.07) is 5.93. The van der Waals surface area contributed by atoms with Crippen LogP contribution in [0.25, 0.3) is 0 Å². The normalized spacial score (nSPS) is 10.0. The first kappa shape index (κ1) is 15.1. The van der Waals surface area contributed by atoms with Crippen LogP contribution >= 0.6 is 0 Å². The number of hydrogen-bond acceptors (Lipinski definition) is 3. The first-order chi connectivity index (χ1) is 9.11. The molecule has 0 fully saturated rings. The number of halogens is 1. The zero-order chi connectivity index (χ0) is 14.1. The van der Waals surface area contributed by atoms with Crippen LogP contribution in [0.15, 0.2) is 24.3 Å². The fourth-order valence-electron chi connectivity index (χ4n) is 1.59. The van der Waals surface area contributed by atoms with E-state index in [0.717, 1.165) is 0 Å². The van der Waals surface area contributed by atoms with Crippen LogP contribution in [0.3, 0.4) is 0 Å². The molecular formula is C14H18FNO3. The van der Waals surface area contributed by atoms with Crippen LogP contribution in [-0.4, -0.2) is 25.0 Å². The van der Waals surface area contributed by atoms with Crippen molar-refractivity contribution in [3.05, 3.63) is 35.6 Å². The molecule has 1 amide bonds. The molecule has 1 N–H and O–H groups in total. The molecule has 4 nitrogen and oxygen atoms in total. The molecule has 0 unspecified atom stereocenters. The molecule has 5 heteroatoms. The quantitative estimate of drug-likeness (QED) is 0.605. The number of rotatable bonds is 7. The predicted molar refractivity (Wildman–Crippen MR) is 69.0 cm³/mol. The van der Waals surface area contributed by atoms with Crippen molar-refractivity contribution in [1.29, 1.82) is 0 Å². The molecule has 1 aromatic rings. The van der Waals surface area contributed by atoms with Crippen molar-refractivity contribution >= 4 is 11.9 Å². The van der Waals surface area contributed by atoms with E-state index in [1.807, 2.05) is 0 Å². The monoisotopic (exact) mass is 267 g/mol. The lowest BCUT2D eigenvalue weighted by Crippen LogP contribution is -2.26. The van der Waals surface area contributed by atoms with Gasteiger partial charge in [-0.2, -0.15) is 0 Å².